The maximum Gasteiger partial charge on any atom is 0.394 e. The minimum Gasteiger partial charge on any atom is -0.475 e. The number of hydrogen-bond acceptors (Lipinski definition) is 6. The standard InChI is InChI=1S/C32H35F3N4O4S/c1-20-8-6-9-21(2)28(20)26-17-27-37-30(36-26)38-44(41,42)25-13-7-10-22(16-25)29(40)39(23-11-4-3-5-12-23)24(19-43-27)18-31(14-15-31)32(33,34)35/h6-10,13,16-17,23-24H,3-5,11-12,14-15,18-19H2,1-2H3,(H,36,37,38)/t24-/m1/s1. The number of carbonyl (C=O) groups is 1. The van der Waals surface area contributed by atoms with Crippen LogP contribution >= 0.6 is 0 Å². The van der Waals surface area contributed by atoms with Gasteiger partial charge in [0.1, 0.15) is 6.61 Å². The van der Waals surface area contributed by atoms with Gasteiger partial charge >= 0.3 is 6.18 Å². The number of amides is 1. The van der Waals surface area contributed by atoms with Crippen molar-refractivity contribution >= 4 is 21.9 Å². The lowest BCUT2D eigenvalue weighted by atomic mass is 9.89. The van der Waals surface area contributed by atoms with E-state index in [0.717, 1.165) is 36.0 Å². The Kier molecular flexibility index (Phi) is 7.84. The topological polar surface area (TPSA) is 101 Å². The third-order valence-corrected chi connectivity index (χ3v) is 10.5. The monoisotopic (exact) mass is 628 g/mol. The average Bonchev–Trinajstić information content (AvgIpc) is 3.77. The van der Waals surface area contributed by atoms with Crippen molar-refractivity contribution in [2.24, 2.45) is 5.41 Å². The van der Waals surface area contributed by atoms with E-state index in [1.807, 2.05) is 32.0 Å². The molecule has 2 aliphatic carbocycles. The van der Waals surface area contributed by atoms with E-state index < -0.39 is 33.6 Å². The van der Waals surface area contributed by atoms with Crippen LogP contribution in [-0.4, -0.2) is 54.1 Å². The minimum absolute atomic E-state index is 0.000733. The van der Waals surface area contributed by atoms with Gasteiger partial charge in [0.15, 0.2) is 0 Å². The fourth-order valence-electron chi connectivity index (χ4n) is 6.63. The number of alkyl halides is 3. The summed E-state index contributed by atoms with van der Waals surface area (Å²) in [6, 6.07) is 11.6. The maximum absolute atomic E-state index is 14.3. The molecule has 0 radical (unpaired) electrons. The van der Waals surface area contributed by atoms with Gasteiger partial charge in [0.25, 0.3) is 15.9 Å². The summed E-state index contributed by atoms with van der Waals surface area (Å²) in [6.07, 6.45) is -0.780. The first kappa shape index (κ1) is 30.4. The zero-order valence-electron chi connectivity index (χ0n) is 24.7. The molecular formula is C32H35F3N4O4S. The van der Waals surface area contributed by atoms with Crippen LogP contribution in [0.1, 0.15) is 72.9 Å². The molecule has 12 heteroatoms. The van der Waals surface area contributed by atoms with Crippen LogP contribution in [0.2, 0.25) is 0 Å². The highest BCUT2D eigenvalue weighted by atomic mass is 32.2. The van der Waals surface area contributed by atoms with Crippen LogP contribution in [-0.2, 0) is 10.0 Å². The molecule has 0 spiro atoms. The van der Waals surface area contributed by atoms with Gasteiger partial charge in [-0.1, -0.05) is 43.5 Å². The van der Waals surface area contributed by atoms with E-state index >= 15 is 0 Å². The first-order valence-corrected chi connectivity index (χ1v) is 16.5. The number of aromatic nitrogens is 2. The fourth-order valence-corrected chi connectivity index (χ4v) is 7.62. The van der Waals surface area contributed by atoms with Gasteiger partial charge in [0.05, 0.1) is 22.0 Å². The third kappa shape index (κ3) is 5.88. The highest BCUT2D eigenvalue weighted by molar-refractivity contribution is 7.92. The zero-order valence-corrected chi connectivity index (χ0v) is 25.5. The van der Waals surface area contributed by atoms with Gasteiger partial charge in [-0.3, -0.25) is 4.79 Å². The molecule has 1 atom stereocenters. The van der Waals surface area contributed by atoms with Crippen molar-refractivity contribution in [3.05, 3.63) is 65.2 Å². The molecule has 8 nitrogen and oxygen atoms in total. The van der Waals surface area contributed by atoms with Crippen LogP contribution in [0, 0.1) is 19.3 Å². The Morgan fingerprint density at radius 3 is 2.34 bits per heavy atom. The number of ether oxygens (including phenoxy) is 1. The van der Waals surface area contributed by atoms with Gasteiger partial charge in [0.2, 0.25) is 11.8 Å². The van der Waals surface area contributed by atoms with Gasteiger partial charge in [-0.2, -0.15) is 18.2 Å². The van der Waals surface area contributed by atoms with E-state index in [-0.39, 0.29) is 54.2 Å². The molecule has 2 saturated carbocycles. The summed E-state index contributed by atoms with van der Waals surface area (Å²) in [7, 11) is -4.25. The number of benzene rings is 2. The number of nitrogens with zero attached hydrogens (tertiary/aromatic N) is 3. The number of hydrogen-bond donors (Lipinski definition) is 1. The van der Waals surface area contributed by atoms with Crippen LogP contribution in [0.3, 0.4) is 0 Å². The molecule has 6 rings (SSSR count). The molecule has 2 fully saturated rings. The summed E-state index contributed by atoms with van der Waals surface area (Å²) in [6.45, 7) is 3.56. The van der Waals surface area contributed by atoms with Gasteiger partial charge < -0.3 is 9.64 Å². The van der Waals surface area contributed by atoms with E-state index in [1.165, 1.54) is 24.3 Å². The molecule has 1 aliphatic heterocycles. The van der Waals surface area contributed by atoms with Crippen LogP contribution in [0.25, 0.3) is 11.3 Å². The fraction of sp³-hybridized carbons (Fsp3) is 0.469. The predicted octanol–water partition coefficient (Wildman–Crippen LogP) is 6.83. The van der Waals surface area contributed by atoms with E-state index in [4.69, 9.17) is 4.74 Å². The van der Waals surface area contributed by atoms with E-state index in [0.29, 0.717) is 18.5 Å². The van der Waals surface area contributed by atoms with E-state index in [2.05, 4.69) is 14.7 Å². The molecule has 1 N–H and O–H groups in total. The summed E-state index contributed by atoms with van der Waals surface area (Å²) in [5.74, 6) is -0.751. The predicted molar refractivity (Wildman–Crippen MR) is 159 cm³/mol. The van der Waals surface area contributed by atoms with Crippen molar-refractivity contribution < 1.29 is 31.1 Å². The van der Waals surface area contributed by atoms with Crippen LogP contribution in [0.5, 0.6) is 5.88 Å². The van der Waals surface area contributed by atoms with Gasteiger partial charge in [-0.25, -0.2) is 18.1 Å². The highest BCUT2D eigenvalue weighted by Gasteiger charge is 2.64. The summed E-state index contributed by atoms with van der Waals surface area (Å²) in [5, 5.41) is 0. The smallest absolute Gasteiger partial charge is 0.394 e. The van der Waals surface area contributed by atoms with E-state index in [1.54, 1.807) is 11.0 Å². The zero-order chi connectivity index (χ0) is 31.3. The first-order valence-electron chi connectivity index (χ1n) is 15.0. The Hall–Kier alpha value is -3.67. The average molecular weight is 629 g/mol. The number of carbonyl (C=O) groups excluding carboxylic acids is 1. The van der Waals surface area contributed by atoms with Gasteiger partial charge in [-0.15, -0.1) is 0 Å². The Bertz CT molecular complexity index is 1660. The molecule has 234 valence electrons. The molecule has 2 aromatic carbocycles. The second kappa shape index (κ2) is 11.4. The number of sulfonamides is 1. The number of aryl methyl sites for hydroxylation is 2. The molecule has 1 amide bonds. The molecule has 1 aromatic heterocycles. The maximum atomic E-state index is 14.3. The Balaban J connectivity index is 1.51. The second-order valence-corrected chi connectivity index (χ2v) is 13.9. The van der Waals surface area contributed by atoms with Crippen molar-refractivity contribution in [2.45, 2.75) is 88.4 Å². The van der Waals surface area contributed by atoms with Crippen molar-refractivity contribution in [3.8, 4) is 17.1 Å². The molecule has 3 aliphatic rings. The summed E-state index contributed by atoms with van der Waals surface area (Å²) in [4.78, 5) is 24.4. The van der Waals surface area contributed by atoms with Gasteiger partial charge in [-0.05, 0) is 75.3 Å². The molecular weight excluding hydrogens is 593 g/mol. The normalized spacial score (nSPS) is 21.7. The summed E-state index contributed by atoms with van der Waals surface area (Å²) in [5.41, 5.74) is 1.13. The molecule has 2 heterocycles. The van der Waals surface area contributed by atoms with Crippen molar-refractivity contribution in [3.63, 3.8) is 0 Å². The molecule has 4 bridgehead atoms. The highest BCUT2D eigenvalue weighted by Crippen LogP contribution is 2.61. The number of rotatable bonds is 4. The van der Waals surface area contributed by atoms with Crippen molar-refractivity contribution in [1.82, 2.24) is 14.9 Å². The number of nitrogens with one attached hydrogen (secondary N) is 1. The molecule has 0 unspecified atom stereocenters. The molecule has 0 saturated heterocycles. The third-order valence-electron chi connectivity index (χ3n) is 9.16. The van der Waals surface area contributed by atoms with Crippen LogP contribution in [0.15, 0.2) is 53.4 Å². The number of halogens is 3. The van der Waals surface area contributed by atoms with Gasteiger partial charge in [0, 0.05) is 23.2 Å². The van der Waals surface area contributed by atoms with Crippen LogP contribution in [0.4, 0.5) is 19.1 Å². The largest absolute Gasteiger partial charge is 0.475 e. The molecule has 3 aromatic rings. The second-order valence-electron chi connectivity index (χ2n) is 12.3. The number of anilines is 1. The van der Waals surface area contributed by atoms with Crippen molar-refractivity contribution in [2.75, 3.05) is 11.3 Å². The Labute approximate surface area is 255 Å². The summed E-state index contributed by atoms with van der Waals surface area (Å²) < 4.78 is 78.6. The van der Waals surface area contributed by atoms with Crippen molar-refractivity contribution in [1.29, 1.82) is 0 Å². The quantitative estimate of drug-likeness (QED) is 0.340. The first-order chi connectivity index (χ1) is 20.9. The lowest BCUT2D eigenvalue weighted by Crippen LogP contribution is -2.52. The Morgan fingerprint density at radius 2 is 1.68 bits per heavy atom. The lowest BCUT2D eigenvalue weighted by molar-refractivity contribution is -0.193. The lowest BCUT2D eigenvalue weighted by Gasteiger charge is -2.41. The number of fused-ring (bicyclic) bond motifs is 4. The SMILES string of the molecule is Cc1cccc(C)c1-c1cc2nc(n1)NS(=O)(=O)c1cccc(c1)C(=O)N(C1CCCCC1)[C@H](CC1(C(F)(F)F)CC1)CO2. The van der Waals surface area contributed by atoms with E-state index in [9.17, 15) is 26.4 Å². The minimum atomic E-state index is -4.43. The summed E-state index contributed by atoms with van der Waals surface area (Å²) >= 11 is 0. The Morgan fingerprint density at radius 1 is 1.00 bits per heavy atom. The molecule has 44 heavy (non-hydrogen) atoms. The van der Waals surface area contributed by atoms with Crippen LogP contribution < -0.4 is 9.46 Å².